The van der Waals surface area contributed by atoms with Crippen molar-refractivity contribution in [3.8, 4) is 0 Å². The Morgan fingerprint density at radius 2 is 2.44 bits per heavy atom. The molecule has 0 radical (unpaired) electrons. The summed E-state index contributed by atoms with van der Waals surface area (Å²) in [5.41, 5.74) is 0.195. The fourth-order valence-corrected chi connectivity index (χ4v) is 2.04. The van der Waals surface area contributed by atoms with Gasteiger partial charge in [0.2, 0.25) is 5.91 Å². The minimum Gasteiger partial charge on any atom is -0.478 e. The van der Waals surface area contributed by atoms with E-state index in [1.165, 1.54) is 6.07 Å². The Kier molecular flexibility index (Phi) is 3.66. The molecule has 1 unspecified atom stereocenters. The van der Waals surface area contributed by atoms with Crippen LogP contribution in [0.15, 0.2) is 10.5 Å². The standard InChI is InChI=1S/C12H16N2O4/c1-7-10(12(16)17)4-9(18-7)6-13-5-8-2-3-11(15)14-8/h4,8,13H,2-3,5-6H2,1H3,(H,14,15)(H,16,17). The minimum absolute atomic E-state index is 0.0869. The van der Waals surface area contributed by atoms with E-state index in [1.807, 2.05) is 0 Å². The number of aromatic carboxylic acids is 1. The number of carbonyl (C=O) groups is 2. The molecular formula is C12H16N2O4. The lowest BCUT2D eigenvalue weighted by molar-refractivity contribution is -0.119. The first-order chi connectivity index (χ1) is 8.56. The van der Waals surface area contributed by atoms with Gasteiger partial charge < -0.3 is 20.2 Å². The van der Waals surface area contributed by atoms with Crippen LogP contribution in [0.5, 0.6) is 0 Å². The number of furan rings is 1. The number of rotatable bonds is 5. The van der Waals surface area contributed by atoms with E-state index in [0.717, 1.165) is 6.42 Å². The van der Waals surface area contributed by atoms with Crippen LogP contribution in [0.2, 0.25) is 0 Å². The second-order valence-corrected chi connectivity index (χ2v) is 4.42. The molecule has 1 aliphatic rings. The number of hydrogen-bond donors (Lipinski definition) is 3. The number of carbonyl (C=O) groups excluding carboxylic acids is 1. The van der Waals surface area contributed by atoms with Gasteiger partial charge in [0.05, 0.1) is 6.54 Å². The van der Waals surface area contributed by atoms with E-state index >= 15 is 0 Å². The average molecular weight is 252 g/mol. The smallest absolute Gasteiger partial charge is 0.339 e. The Morgan fingerprint density at radius 3 is 3.00 bits per heavy atom. The second kappa shape index (κ2) is 5.22. The van der Waals surface area contributed by atoms with Crippen molar-refractivity contribution < 1.29 is 19.1 Å². The van der Waals surface area contributed by atoms with Crippen LogP contribution in [0, 0.1) is 6.92 Å². The van der Waals surface area contributed by atoms with Crippen LogP contribution in [0.1, 0.15) is 34.7 Å². The Hall–Kier alpha value is -1.82. The molecule has 0 spiro atoms. The summed E-state index contributed by atoms with van der Waals surface area (Å²) in [4.78, 5) is 21.8. The first-order valence-corrected chi connectivity index (χ1v) is 5.89. The molecule has 0 bridgehead atoms. The maximum absolute atomic E-state index is 11.0. The number of amides is 1. The summed E-state index contributed by atoms with van der Waals surface area (Å²) in [6.45, 7) is 2.75. The van der Waals surface area contributed by atoms with Gasteiger partial charge in [0.25, 0.3) is 0 Å². The molecule has 1 fully saturated rings. The Balaban J connectivity index is 1.81. The molecule has 0 saturated carbocycles. The number of hydrogen-bond acceptors (Lipinski definition) is 4. The predicted octanol–water partition coefficient (Wildman–Crippen LogP) is 0.654. The van der Waals surface area contributed by atoms with E-state index in [-0.39, 0.29) is 17.5 Å². The molecule has 1 saturated heterocycles. The molecule has 98 valence electrons. The third-order valence-corrected chi connectivity index (χ3v) is 2.97. The minimum atomic E-state index is -0.981. The number of carboxylic acids is 1. The van der Waals surface area contributed by atoms with Crippen molar-refractivity contribution in [2.45, 2.75) is 32.4 Å². The molecule has 6 heteroatoms. The van der Waals surface area contributed by atoms with E-state index in [2.05, 4.69) is 10.6 Å². The maximum Gasteiger partial charge on any atom is 0.339 e. The van der Waals surface area contributed by atoms with Crippen molar-refractivity contribution in [3.63, 3.8) is 0 Å². The molecule has 1 atom stereocenters. The molecule has 0 aromatic carbocycles. The molecule has 2 rings (SSSR count). The summed E-state index contributed by atoms with van der Waals surface area (Å²) in [5.74, 6) is 0.108. The van der Waals surface area contributed by atoms with Gasteiger partial charge in [-0.3, -0.25) is 4.79 Å². The molecule has 3 N–H and O–H groups in total. The van der Waals surface area contributed by atoms with Gasteiger partial charge in [-0.2, -0.15) is 0 Å². The lowest BCUT2D eigenvalue weighted by Gasteiger charge is -2.09. The maximum atomic E-state index is 11.0. The molecule has 0 aliphatic carbocycles. The average Bonchev–Trinajstić information content (AvgIpc) is 2.85. The normalized spacial score (nSPS) is 18.9. The first-order valence-electron chi connectivity index (χ1n) is 5.89. The zero-order valence-corrected chi connectivity index (χ0v) is 10.2. The van der Waals surface area contributed by atoms with E-state index in [1.54, 1.807) is 6.92 Å². The van der Waals surface area contributed by atoms with Crippen molar-refractivity contribution >= 4 is 11.9 Å². The zero-order valence-electron chi connectivity index (χ0n) is 10.2. The topological polar surface area (TPSA) is 91.6 Å². The van der Waals surface area contributed by atoms with Crippen molar-refractivity contribution in [3.05, 3.63) is 23.2 Å². The van der Waals surface area contributed by atoms with Gasteiger partial charge in [-0.25, -0.2) is 4.79 Å². The lowest BCUT2D eigenvalue weighted by atomic mass is 10.2. The van der Waals surface area contributed by atoms with Crippen LogP contribution in [0.3, 0.4) is 0 Å². The van der Waals surface area contributed by atoms with Gasteiger partial charge in [0, 0.05) is 19.0 Å². The van der Waals surface area contributed by atoms with Gasteiger partial charge in [0.1, 0.15) is 17.1 Å². The summed E-state index contributed by atoms with van der Waals surface area (Å²) in [7, 11) is 0. The molecule has 2 heterocycles. The van der Waals surface area contributed by atoms with E-state index in [9.17, 15) is 9.59 Å². The second-order valence-electron chi connectivity index (χ2n) is 4.42. The summed E-state index contributed by atoms with van der Waals surface area (Å²) in [6.07, 6.45) is 1.42. The Bertz CT molecular complexity index is 467. The highest BCUT2D eigenvalue weighted by Gasteiger charge is 2.20. The van der Waals surface area contributed by atoms with Crippen LogP contribution < -0.4 is 10.6 Å². The number of carboxylic acid groups (broad SMARTS) is 1. The molecule has 18 heavy (non-hydrogen) atoms. The monoisotopic (exact) mass is 252 g/mol. The van der Waals surface area contributed by atoms with Crippen LogP contribution in [-0.4, -0.2) is 29.6 Å². The Morgan fingerprint density at radius 1 is 1.67 bits per heavy atom. The van der Waals surface area contributed by atoms with E-state index in [4.69, 9.17) is 9.52 Å². The largest absolute Gasteiger partial charge is 0.478 e. The summed E-state index contributed by atoms with van der Waals surface area (Å²) >= 11 is 0. The van der Waals surface area contributed by atoms with Gasteiger partial charge in [-0.15, -0.1) is 0 Å². The molecule has 1 aliphatic heterocycles. The fourth-order valence-electron chi connectivity index (χ4n) is 2.04. The van der Waals surface area contributed by atoms with Crippen molar-refractivity contribution in [1.82, 2.24) is 10.6 Å². The van der Waals surface area contributed by atoms with E-state index < -0.39 is 5.97 Å². The summed E-state index contributed by atoms with van der Waals surface area (Å²) in [5, 5.41) is 14.9. The molecule has 1 aromatic heterocycles. The summed E-state index contributed by atoms with van der Waals surface area (Å²) in [6, 6.07) is 1.69. The van der Waals surface area contributed by atoms with Crippen molar-refractivity contribution in [2.24, 2.45) is 0 Å². The SMILES string of the molecule is Cc1oc(CNCC2CCC(=O)N2)cc1C(=O)O. The quantitative estimate of drug-likeness (QED) is 0.715. The van der Waals surface area contributed by atoms with Crippen LogP contribution in [0.25, 0.3) is 0 Å². The van der Waals surface area contributed by atoms with E-state index in [0.29, 0.717) is 31.0 Å². The lowest BCUT2D eigenvalue weighted by Crippen LogP contribution is -2.35. The fraction of sp³-hybridized carbons (Fsp3) is 0.500. The van der Waals surface area contributed by atoms with Crippen LogP contribution in [-0.2, 0) is 11.3 Å². The third-order valence-electron chi connectivity index (χ3n) is 2.97. The highest BCUT2D eigenvalue weighted by molar-refractivity contribution is 5.88. The molecular weight excluding hydrogens is 236 g/mol. The summed E-state index contributed by atoms with van der Waals surface area (Å²) < 4.78 is 5.33. The Labute approximate surface area is 104 Å². The van der Waals surface area contributed by atoms with Gasteiger partial charge in [0.15, 0.2) is 0 Å². The van der Waals surface area contributed by atoms with Crippen LogP contribution in [0.4, 0.5) is 0 Å². The number of nitrogens with one attached hydrogen (secondary N) is 2. The van der Waals surface area contributed by atoms with Crippen molar-refractivity contribution in [2.75, 3.05) is 6.54 Å². The zero-order chi connectivity index (χ0) is 13.1. The third kappa shape index (κ3) is 2.89. The number of aryl methyl sites for hydroxylation is 1. The predicted molar refractivity (Wildman–Crippen MR) is 63.3 cm³/mol. The van der Waals surface area contributed by atoms with Gasteiger partial charge >= 0.3 is 5.97 Å². The highest BCUT2D eigenvalue weighted by atomic mass is 16.4. The van der Waals surface area contributed by atoms with Gasteiger partial charge in [-0.1, -0.05) is 0 Å². The highest BCUT2D eigenvalue weighted by Crippen LogP contribution is 2.14. The van der Waals surface area contributed by atoms with Crippen molar-refractivity contribution in [1.29, 1.82) is 0 Å². The van der Waals surface area contributed by atoms with Crippen LogP contribution >= 0.6 is 0 Å². The first kappa shape index (κ1) is 12.6. The molecule has 1 amide bonds. The molecule has 6 nitrogen and oxygen atoms in total. The van der Waals surface area contributed by atoms with Gasteiger partial charge in [-0.05, 0) is 19.4 Å². The molecule has 1 aromatic rings.